The number of nitrogens with one attached hydrogen (secondary N) is 1. The van der Waals surface area contributed by atoms with Crippen molar-refractivity contribution in [3.63, 3.8) is 0 Å². The van der Waals surface area contributed by atoms with E-state index in [1.54, 1.807) is 25.1 Å². The van der Waals surface area contributed by atoms with Crippen LogP contribution in [0.15, 0.2) is 56.4 Å². The Hall–Kier alpha value is -2.82. The summed E-state index contributed by atoms with van der Waals surface area (Å²) in [5, 5.41) is 6.75. The van der Waals surface area contributed by atoms with Crippen LogP contribution < -0.4 is 5.32 Å². The number of hydrogen-bond acceptors (Lipinski definition) is 5. The Morgan fingerprint density at radius 2 is 1.89 bits per heavy atom. The Morgan fingerprint density at radius 3 is 2.57 bits per heavy atom. The summed E-state index contributed by atoms with van der Waals surface area (Å²) >= 11 is 3.44. The highest BCUT2D eigenvalue weighted by molar-refractivity contribution is 9.10. The van der Waals surface area contributed by atoms with Crippen LogP contribution >= 0.6 is 15.9 Å². The molecule has 10 heteroatoms. The lowest BCUT2D eigenvalue weighted by atomic mass is 9.97. The normalized spacial score (nSPS) is 15.5. The first-order chi connectivity index (χ1) is 16.7. The van der Waals surface area contributed by atoms with Crippen molar-refractivity contribution >= 4 is 49.7 Å². The number of sulfonamides is 1. The summed E-state index contributed by atoms with van der Waals surface area (Å²) in [7, 11) is -3.92. The van der Waals surface area contributed by atoms with Crippen molar-refractivity contribution < 1.29 is 22.1 Å². The van der Waals surface area contributed by atoms with Crippen LogP contribution in [0.3, 0.4) is 0 Å². The Balaban J connectivity index is 1.45. The number of rotatable bonds is 6. The zero-order chi connectivity index (χ0) is 25.2. The van der Waals surface area contributed by atoms with Gasteiger partial charge in [-0.1, -0.05) is 39.3 Å². The monoisotopic (exact) mass is 561 g/mol. The molecule has 1 aliphatic rings. The molecule has 7 nitrogen and oxygen atoms in total. The van der Waals surface area contributed by atoms with E-state index in [4.69, 9.17) is 4.52 Å². The van der Waals surface area contributed by atoms with Crippen molar-refractivity contribution in [2.24, 2.45) is 5.92 Å². The number of carbonyl (C=O) groups is 1. The van der Waals surface area contributed by atoms with Gasteiger partial charge in [-0.2, -0.15) is 4.31 Å². The lowest BCUT2D eigenvalue weighted by Gasteiger charge is -2.30. The third-order valence-corrected chi connectivity index (χ3v) is 8.95. The number of halogens is 2. The number of anilines is 1. The highest BCUT2D eigenvalue weighted by Crippen LogP contribution is 2.30. The van der Waals surface area contributed by atoms with Gasteiger partial charge in [-0.05, 0) is 68.7 Å². The van der Waals surface area contributed by atoms with E-state index in [0.29, 0.717) is 24.1 Å². The predicted octanol–water partition coefficient (Wildman–Crippen LogP) is 5.40. The highest BCUT2D eigenvalue weighted by Gasteiger charge is 2.36. The summed E-state index contributed by atoms with van der Waals surface area (Å²) in [6.45, 7) is 3.88. The summed E-state index contributed by atoms with van der Waals surface area (Å²) in [6, 6.07) is 11.7. The molecule has 2 heterocycles. The molecule has 0 aliphatic carbocycles. The van der Waals surface area contributed by atoms with E-state index in [0.717, 1.165) is 10.0 Å². The quantitative estimate of drug-likeness (QED) is 0.434. The van der Waals surface area contributed by atoms with Gasteiger partial charge in [0.25, 0.3) is 0 Å². The Kier molecular flexibility index (Phi) is 7.53. The number of aryl methyl sites for hydroxylation is 2. The van der Waals surface area contributed by atoms with Crippen molar-refractivity contribution in [1.29, 1.82) is 0 Å². The zero-order valence-electron chi connectivity index (χ0n) is 19.3. The van der Waals surface area contributed by atoms with Gasteiger partial charge in [0.05, 0.1) is 0 Å². The van der Waals surface area contributed by atoms with Crippen LogP contribution in [-0.4, -0.2) is 36.9 Å². The number of amides is 1. The molecule has 1 aliphatic heterocycles. The minimum atomic E-state index is -3.92. The molecule has 3 aromatic rings. The lowest BCUT2D eigenvalue weighted by Crippen LogP contribution is -2.41. The molecule has 1 N–H and O–H groups in total. The molecule has 0 bridgehead atoms. The maximum Gasteiger partial charge on any atom is 0.248 e. The number of hydrogen-bond donors (Lipinski definition) is 1. The maximum atomic E-state index is 13.9. The fraction of sp³-hybridized carbons (Fsp3) is 0.280. The van der Waals surface area contributed by atoms with Gasteiger partial charge in [-0.15, -0.1) is 0 Å². The number of aromatic nitrogens is 1. The first kappa shape index (κ1) is 25.3. The molecule has 1 amide bonds. The smallest absolute Gasteiger partial charge is 0.248 e. The van der Waals surface area contributed by atoms with Gasteiger partial charge < -0.3 is 9.84 Å². The molecule has 184 valence electrons. The molecule has 0 spiro atoms. The van der Waals surface area contributed by atoms with E-state index < -0.39 is 15.8 Å². The van der Waals surface area contributed by atoms with Crippen LogP contribution in [0.4, 0.5) is 10.1 Å². The third kappa shape index (κ3) is 5.55. The van der Waals surface area contributed by atoms with Gasteiger partial charge in [0, 0.05) is 34.7 Å². The molecular weight excluding hydrogens is 537 g/mol. The zero-order valence-corrected chi connectivity index (χ0v) is 21.7. The van der Waals surface area contributed by atoms with Crippen LogP contribution in [0.5, 0.6) is 0 Å². The van der Waals surface area contributed by atoms with Crippen molar-refractivity contribution in [1.82, 2.24) is 9.46 Å². The second-order valence-corrected chi connectivity index (χ2v) is 11.2. The molecule has 2 aromatic carbocycles. The summed E-state index contributed by atoms with van der Waals surface area (Å²) in [5.74, 6) is -0.813. The molecule has 0 saturated carbocycles. The van der Waals surface area contributed by atoms with Crippen LogP contribution in [0.1, 0.15) is 35.4 Å². The van der Waals surface area contributed by atoms with Crippen LogP contribution in [0.25, 0.3) is 12.2 Å². The maximum absolute atomic E-state index is 13.9. The van der Waals surface area contributed by atoms with Gasteiger partial charge in [0.15, 0.2) is 10.7 Å². The van der Waals surface area contributed by atoms with E-state index in [2.05, 4.69) is 26.4 Å². The van der Waals surface area contributed by atoms with Crippen LogP contribution in [0.2, 0.25) is 0 Å². The Morgan fingerprint density at radius 1 is 1.17 bits per heavy atom. The van der Waals surface area contributed by atoms with E-state index in [-0.39, 0.29) is 41.3 Å². The third-order valence-electron chi connectivity index (χ3n) is 6.00. The lowest BCUT2D eigenvalue weighted by molar-refractivity contribution is -0.120. The summed E-state index contributed by atoms with van der Waals surface area (Å²) in [5.41, 5.74) is 2.24. The van der Waals surface area contributed by atoms with Crippen molar-refractivity contribution in [3.05, 3.63) is 75.3 Å². The topological polar surface area (TPSA) is 92.5 Å². The largest absolute Gasteiger partial charge is 0.355 e. The molecule has 1 aromatic heterocycles. The second-order valence-electron chi connectivity index (χ2n) is 8.45. The average molecular weight is 562 g/mol. The summed E-state index contributed by atoms with van der Waals surface area (Å²) in [6.07, 6.45) is 3.65. The van der Waals surface area contributed by atoms with Gasteiger partial charge in [0.1, 0.15) is 11.5 Å². The molecule has 0 radical (unpaired) electrons. The second kappa shape index (κ2) is 10.4. The first-order valence-electron chi connectivity index (χ1n) is 11.1. The van der Waals surface area contributed by atoms with E-state index in [1.807, 2.05) is 25.1 Å². The summed E-state index contributed by atoms with van der Waals surface area (Å²) < 4.78 is 48.3. The number of nitrogens with zero attached hydrogens (tertiary/aromatic N) is 2. The number of benzene rings is 2. The molecule has 35 heavy (non-hydrogen) atoms. The number of piperidine rings is 1. The van der Waals surface area contributed by atoms with Crippen molar-refractivity contribution in [2.75, 3.05) is 18.4 Å². The predicted molar refractivity (Wildman–Crippen MR) is 136 cm³/mol. The SMILES string of the molecule is Cc1cc(NC(=O)C2CCN(S(=O)(=O)c3c(C)noc3C=Cc3ccccc3F)CC2)ccc1Br. The molecular formula is C25H25BrFN3O4S. The molecule has 1 saturated heterocycles. The molecule has 1 fully saturated rings. The standard InChI is InChI=1S/C25H25BrFN3O4S/c1-16-15-20(8-9-21(16)26)28-25(31)19-11-13-30(14-12-19)35(32,33)24-17(2)29-34-23(24)10-7-18-5-3-4-6-22(18)27/h3-10,15,19H,11-14H2,1-2H3,(H,28,31). The average Bonchev–Trinajstić information content (AvgIpc) is 3.22. The van der Waals surface area contributed by atoms with Gasteiger partial charge >= 0.3 is 0 Å². The van der Waals surface area contributed by atoms with E-state index in [9.17, 15) is 17.6 Å². The van der Waals surface area contributed by atoms with Crippen LogP contribution in [0, 0.1) is 25.6 Å². The number of carbonyl (C=O) groups excluding carboxylic acids is 1. The van der Waals surface area contributed by atoms with Crippen molar-refractivity contribution in [2.45, 2.75) is 31.6 Å². The van der Waals surface area contributed by atoms with E-state index >= 15 is 0 Å². The fourth-order valence-electron chi connectivity index (χ4n) is 4.03. The fourth-order valence-corrected chi connectivity index (χ4v) is 6.00. The van der Waals surface area contributed by atoms with Gasteiger partial charge in [-0.3, -0.25) is 4.79 Å². The van der Waals surface area contributed by atoms with Gasteiger partial charge in [0.2, 0.25) is 15.9 Å². The molecule has 0 atom stereocenters. The van der Waals surface area contributed by atoms with Crippen molar-refractivity contribution in [3.8, 4) is 0 Å². The minimum absolute atomic E-state index is 0.0382. The molecule has 0 unspecified atom stereocenters. The molecule has 4 rings (SSSR count). The van der Waals surface area contributed by atoms with E-state index in [1.165, 1.54) is 22.5 Å². The van der Waals surface area contributed by atoms with Gasteiger partial charge in [-0.25, -0.2) is 12.8 Å². The Labute approximate surface area is 212 Å². The Bertz CT molecular complexity index is 1380. The minimum Gasteiger partial charge on any atom is -0.355 e. The highest BCUT2D eigenvalue weighted by atomic mass is 79.9. The summed E-state index contributed by atoms with van der Waals surface area (Å²) in [4.78, 5) is 12.7. The first-order valence-corrected chi connectivity index (χ1v) is 13.4. The van der Waals surface area contributed by atoms with Crippen LogP contribution in [-0.2, 0) is 14.8 Å².